The van der Waals surface area contributed by atoms with Crippen molar-refractivity contribution < 1.29 is 14.7 Å². The molecule has 2 unspecified atom stereocenters. The standard InChI is InChI=1S/C14H19N3O3/c1-14(2,13(19)20)15-12(18)11-8-10(16-17-11)9-6-4-3-5-7-9/h3-7,10-11,16-17H,8H2,1-2H3,(H,15,18)(H,19,20). The number of carbonyl (C=O) groups excluding carboxylic acids is 1. The van der Waals surface area contributed by atoms with Crippen LogP contribution in [0.15, 0.2) is 30.3 Å². The fraction of sp³-hybridized carbons (Fsp3) is 0.429. The van der Waals surface area contributed by atoms with Gasteiger partial charge in [-0.05, 0) is 25.8 Å². The van der Waals surface area contributed by atoms with Gasteiger partial charge >= 0.3 is 5.97 Å². The van der Waals surface area contributed by atoms with E-state index in [4.69, 9.17) is 5.11 Å². The average molecular weight is 277 g/mol. The highest BCUT2D eigenvalue weighted by Crippen LogP contribution is 2.22. The molecule has 6 nitrogen and oxygen atoms in total. The minimum Gasteiger partial charge on any atom is -0.480 e. The molecule has 1 aliphatic heterocycles. The second-order valence-corrected chi connectivity index (χ2v) is 5.46. The van der Waals surface area contributed by atoms with Gasteiger partial charge in [-0.1, -0.05) is 30.3 Å². The van der Waals surface area contributed by atoms with Crippen molar-refractivity contribution >= 4 is 11.9 Å². The van der Waals surface area contributed by atoms with Crippen molar-refractivity contribution in [2.24, 2.45) is 0 Å². The van der Waals surface area contributed by atoms with E-state index in [9.17, 15) is 9.59 Å². The number of rotatable bonds is 4. The summed E-state index contributed by atoms with van der Waals surface area (Å²) >= 11 is 0. The molecule has 1 aromatic rings. The van der Waals surface area contributed by atoms with Crippen molar-refractivity contribution in [2.45, 2.75) is 37.9 Å². The zero-order chi connectivity index (χ0) is 14.8. The van der Waals surface area contributed by atoms with Gasteiger partial charge in [0.25, 0.3) is 0 Å². The van der Waals surface area contributed by atoms with E-state index in [2.05, 4.69) is 16.2 Å². The van der Waals surface area contributed by atoms with Gasteiger partial charge < -0.3 is 10.4 Å². The van der Waals surface area contributed by atoms with Crippen LogP contribution in [0.1, 0.15) is 31.9 Å². The number of hydrazine groups is 1. The van der Waals surface area contributed by atoms with Gasteiger partial charge in [-0.25, -0.2) is 15.6 Å². The molecule has 1 aromatic carbocycles. The maximum absolute atomic E-state index is 12.1. The summed E-state index contributed by atoms with van der Waals surface area (Å²) in [6.45, 7) is 2.93. The zero-order valence-corrected chi connectivity index (χ0v) is 11.5. The molecule has 1 saturated heterocycles. The minimum atomic E-state index is -1.27. The van der Waals surface area contributed by atoms with Crippen molar-refractivity contribution in [3.05, 3.63) is 35.9 Å². The Hall–Kier alpha value is -1.92. The lowest BCUT2D eigenvalue weighted by atomic mass is 10.0. The third-order valence-electron chi connectivity index (χ3n) is 3.39. The highest BCUT2D eigenvalue weighted by atomic mass is 16.4. The Balaban J connectivity index is 1.96. The van der Waals surface area contributed by atoms with Gasteiger partial charge in [0.1, 0.15) is 11.6 Å². The third-order valence-corrected chi connectivity index (χ3v) is 3.39. The Morgan fingerprint density at radius 1 is 1.25 bits per heavy atom. The van der Waals surface area contributed by atoms with Crippen LogP contribution in [-0.2, 0) is 9.59 Å². The first-order chi connectivity index (χ1) is 9.40. The summed E-state index contributed by atoms with van der Waals surface area (Å²) in [7, 11) is 0. The van der Waals surface area contributed by atoms with E-state index in [0.717, 1.165) is 5.56 Å². The molecule has 0 saturated carbocycles. The number of carboxylic acids is 1. The summed E-state index contributed by atoms with van der Waals surface area (Å²) in [5.74, 6) is -1.38. The van der Waals surface area contributed by atoms with E-state index >= 15 is 0 Å². The normalized spacial score (nSPS) is 22.5. The van der Waals surface area contributed by atoms with Gasteiger partial charge in [-0.3, -0.25) is 4.79 Å². The van der Waals surface area contributed by atoms with E-state index < -0.39 is 17.6 Å². The van der Waals surface area contributed by atoms with Crippen LogP contribution in [0.4, 0.5) is 0 Å². The van der Waals surface area contributed by atoms with Crippen molar-refractivity contribution in [1.29, 1.82) is 0 Å². The smallest absolute Gasteiger partial charge is 0.328 e. The van der Waals surface area contributed by atoms with Gasteiger partial charge in [0.2, 0.25) is 5.91 Å². The predicted molar refractivity (Wildman–Crippen MR) is 73.7 cm³/mol. The lowest BCUT2D eigenvalue weighted by Gasteiger charge is -2.23. The summed E-state index contributed by atoms with van der Waals surface area (Å²) in [4.78, 5) is 23.1. The molecule has 0 spiro atoms. The molecule has 2 atom stereocenters. The SMILES string of the molecule is CC(C)(NC(=O)C1CC(c2ccccc2)NN1)C(=O)O. The van der Waals surface area contributed by atoms with Crippen molar-refractivity contribution in [1.82, 2.24) is 16.2 Å². The van der Waals surface area contributed by atoms with Crippen LogP contribution in [0.25, 0.3) is 0 Å². The van der Waals surface area contributed by atoms with Crippen LogP contribution in [0, 0.1) is 0 Å². The molecular formula is C14H19N3O3. The molecule has 1 fully saturated rings. The lowest BCUT2D eigenvalue weighted by molar-refractivity contribution is -0.146. The second kappa shape index (κ2) is 5.60. The molecule has 1 aliphatic rings. The number of carboxylic acid groups (broad SMARTS) is 1. The van der Waals surface area contributed by atoms with Gasteiger partial charge in [-0.2, -0.15) is 0 Å². The number of benzene rings is 1. The van der Waals surface area contributed by atoms with Crippen molar-refractivity contribution in [2.75, 3.05) is 0 Å². The number of hydrogen-bond acceptors (Lipinski definition) is 4. The molecular weight excluding hydrogens is 258 g/mol. The van der Waals surface area contributed by atoms with Crippen LogP contribution < -0.4 is 16.2 Å². The quantitative estimate of drug-likeness (QED) is 0.646. The Labute approximate surface area is 117 Å². The van der Waals surface area contributed by atoms with Gasteiger partial charge in [0.15, 0.2) is 0 Å². The maximum Gasteiger partial charge on any atom is 0.328 e. The van der Waals surface area contributed by atoms with Gasteiger partial charge in [0.05, 0.1) is 0 Å². The van der Waals surface area contributed by atoms with Crippen LogP contribution >= 0.6 is 0 Å². The highest BCUT2D eigenvalue weighted by molar-refractivity contribution is 5.89. The summed E-state index contributed by atoms with van der Waals surface area (Å²) in [5, 5.41) is 11.5. The van der Waals surface area contributed by atoms with E-state index in [0.29, 0.717) is 6.42 Å². The molecule has 6 heteroatoms. The summed E-state index contributed by atoms with van der Waals surface area (Å²) in [6, 6.07) is 9.39. The Morgan fingerprint density at radius 3 is 2.50 bits per heavy atom. The Kier molecular flexibility index (Phi) is 4.06. The molecule has 0 aliphatic carbocycles. The van der Waals surface area contributed by atoms with Gasteiger partial charge in [0, 0.05) is 6.04 Å². The first-order valence-electron chi connectivity index (χ1n) is 6.51. The molecule has 1 amide bonds. The van der Waals surface area contributed by atoms with Crippen molar-refractivity contribution in [3.8, 4) is 0 Å². The highest BCUT2D eigenvalue weighted by Gasteiger charge is 2.35. The first kappa shape index (κ1) is 14.5. The maximum atomic E-state index is 12.1. The third kappa shape index (κ3) is 3.15. The molecule has 4 N–H and O–H groups in total. The number of carbonyl (C=O) groups is 2. The number of aliphatic carboxylic acids is 1. The molecule has 0 radical (unpaired) electrons. The molecule has 1 heterocycles. The number of hydrogen-bond donors (Lipinski definition) is 4. The second-order valence-electron chi connectivity index (χ2n) is 5.46. The number of nitrogens with one attached hydrogen (secondary N) is 3. The monoisotopic (exact) mass is 277 g/mol. The molecule has 0 bridgehead atoms. The Bertz CT molecular complexity index is 502. The van der Waals surface area contributed by atoms with E-state index in [1.807, 2.05) is 30.3 Å². The average Bonchev–Trinajstić information content (AvgIpc) is 2.88. The molecule has 20 heavy (non-hydrogen) atoms. The van der Waals surface area contributed by atoms with Crippen LogP contribution in [0.3, 0.4) is 0 Å². The fourth-order valence-corrected chi connectivity index (χ4v) is 2.08. The molecule has 0 aromatic heterocycles. The van der Waals surface area contributed by atoms with Crippen LogP contribution in [0.5, 0.6) is 0 Å². The molecule has 108 valence electrons. The predicted octanol–water partition coefficient (Wildman–Crippen LogP) is 0.574. The van der Waals surface area contributed by atoms with Crippen molar-refractivity contribution in [3.63, 3.8) is 0 Å². The molecule has 2 rings (SSSR count). The Morgan fingerprint density at radius 2 is 1.90 bits per heavy atom. The summed E-state index contributed by atoms with van der Waals surface area (Å²) in [5.41, 5.74) is 5.79. The topological polar surface area (TPSA) is 90.5 Å². The minimum absolute atomic E-state index is 0.0416. The summed E-state index contributed by atoms with van der Waals surface area (Å²) in [6.07, 6.45) is 0.575. The fourth-order valence-electron chi connectivity index (χ4n) is 2.08. The van der Waals surface area contributed by atoms with Crippen LogP contribution in [-0.4, -0.2) is 28.6 Å². The van der Waals surface area contributed by atoms with E-state index in [1.165, 1.54) is 13.8 Å². The van der Waals surface area contributed by atoms with E-state index in [-0.39, 0.29) is 11.9 Å². The van der Waals surface area contributed by atoms with E-state index in [1.54, 1.807) is 0 Å². The largest absolute Gasteiger partial charge is 0.480 e. The van der Waals surface area contributed by atoms with Crippen LogP contribution in [0.2, 0.25) is 0 Å². The lowest BCUT2D eigenvalue weighted by Crippen LogP contribution is -2.55. The zero-order valence-electron chi connectivity index (χ0n) is 11.5. The van der Waals surface area contributed by atoms with Gasteiger partial charge in [-0.15, -0.1) is 0 Å². The first-order valence-corrected chi connectivity index (χ1v) is 6.51. The summed E-state index contributed by atoms with van der Waals surface area (Å²) < 4.78 is 0. The number of amides is 1.